The molecule has 2 fully saturated rings. The normalized spacial score (nSPS) is 24.3. The highest BCUT2D eigenvalue weighted by molar-refractivity contribution is 5.64. The molecule has 0 spiro atoms. The molecule has 4 rings (SSSR count). The van der Waals surface area contributed by atoms with Gasteiger partial charge in [-0.15, -0.1) is 0 Å². The quantitative estimate of drug-likeness (QED) is 0.236. The van der Waals surface area contributed by atoms with Gasteiger partial charge in [0, 0.05) is 0 Å². The molecule has 2 aromatic rings. The molecule has 0 bridgehead atoms. The first-order valence-electron chi connectivity index (χ1n) is 15.6. The van der Waals surface area contributed by atoms with Crippen LogP contribution in [0.1, 0.15) is 114 Å². The van der Waals surface area contributed by atoms with Crippen molar-refractivity contribution in [1.29, 1.82) is 0 Å². The molecule has 0 nitrogen and oxygen atoms in total. The Morgan fingerprint density at radius 2 is 1.22 bits per heavy atom. The first kappa shape index (κ1) is 28.3. The maximum Gasteiger partial charge on any atom is 0.127 e. The van der Waals surface area contributed by atoms with Gasteiger partial charge < -0.3 is 0 Å². The summed E-state index contributed by atoms with van der Waals surface area (Å²) in [7, 11) is 0. The van der Waals surface area contributed by atoms with Gasteiger partial charge in [0.15, 0.2) is 0 Å². The number of halogens is 2. The number of benzene rings is 2. The van der Waals surface area contributed by atoms with Gasteiger partial charge in [0.05, 0.1) is 6.67 Å². The Labute approximate surface area is 225 Å². The Morgan fingerprint density at radius 1 is 0.649 bits per heavy atom. The third-order valence-corrected chi connectivity index (χ3v) is 9.77. The van der Waals surface area contributed by atoms with E-state index in [4.69, 9.17) is 0 Å². The summed E-state index contributed by atoms with van der Waals surface area (Å²) in [6, 6.07) is 14.4. The van der Waals surface area contributed by atoms with Gasteiger partial charge in [-0.1, -0.05) is 101 Å². The molecule has 0 heterocycles. The van der Waals surface area contributed by atoms with Crippen LogP contribution in [0.5, 0.6) is 0 Å². The maximum atomic E-state index is 14.9. The molecule has 37 heavy (non-hydrogen) atoms. The van der Waals surface area contributed by atoms with Crippen LogP contribution >= 0.6 is 0 Å². The lowest BCUT2D eigenvalue weighted by atomic mass is 9.68. The molecule has 0 amide bonds. The number of unbranched alkanes of at least 4 members (excludes halogenated alkanes) is 4. The van der Waals surface area contributed by atoms with Crippen molar-refractivity contribution in [2.75, 3.05) is 6.67 Å². The fourth-order valence-electron chi connectivity index (χ4n) is 7.18. The molecular weight excluding hydrogens is 458 g/mol. The first-order valence-corrected chi connectivity index (χ1v) is 15.6. The summed E-state index contributed by atoms with van der Waals surface area (Å²) in [5, 5.41) is 0. The van der Waals surface area contributed by atoms with E-state index in [1.807, 2.05) is 6.07 Å². The van der Waals surface area contributed by atoms with Crippen LogP contribution in [0.2, 0.25) is 0 Å². The van der Waals surface area contributed by atoms with Crippen molar-refractivity contribution in [2.24, 2.45) is 23.7 Å². The summed E-state index contributed by atoms with van der Waals surface area (Å²) in [6.45, 7) is 2.01. The molecule has 0 atom stereocenters. The molecule has 0 radical (unpaired) electrons. The second-order valence-electron chi connectivity index (χ2n) is 12.2. The Kier molecular flexibility index (Phi) is 11.5. The molecule has 2 aromatic carbocycles. The van der Waals surface area contributed by atoms with E-state index in [1.54, 1.807) is 6.07 Å². The van der Waals surface area contributed by atoms with E-state index in [0.29, 0.717) is 0 Å². The number of hydrogen-bond donors (Lipinski definition) is 0. The highest BCUT2D eigenvalue weighted by Crippen LogP contribution is 2.43. The second-order valence-corrected chi connectivity index (χ2v) is 12.2. The zero-order valence-corrected chi connectivity index (χ0v) is 23.3. The summed E-state index contributed by atoms with van der Waals surface area (Å²) < 4.78 is 27.1. The van der Waals surface area contributed by atoms with Crippen molar-refractivity contribution in [2.45, 2.75) is 116 Å². The van der Waals surface area contributed by atoms with Gasteiger partial charge in [-0.2, -0.15) is 0 Å². The van der Waals surface area contributed by atoms with Gasteiger partial charge in [0.2, 0.25) is 0 Å². The zero-order valence-electron chi connectivity index (χ0n) is 23.3. The molecule has 0 N–H and O–H groups in total. The number of aryl methyl sites for hydroxylation is 2. The van der Waals surface area contributed by atoms with Crippen molar-refractivity contribution < 1.29 is 8.78 Å². The predicted octanol–water partition coefficient (Wildman–Crippen LogP) is 10.9. The molecule has 2 aliphatic carbocycles. The van der Waals surface area contributed by atoms with Crippen molar-refractivity contribution in [3.05, 3.63) is 59.4 Å². The highest BCUT2D eigenvalue weighted by atomic mass is 19.1. The van der Waals surface area contributed by atoms with Crippen LogP contribution in [-0.2, 0) is 12.8 Å². The van der Waals surface area contributed by atoms with E-state index in [0.717, 1.165) is 72.5 Å². The third kappa shape index (κ3) is 8.66. The van der Waals surface area contributed by atoms with E-state index in [2.05, 4.69) is 37.3 Å². The largest absolute Gasteiger partial charge is 0.251 e. The summed E-state index contributed by atoms with van der Waals surface area (Å²) in [4.78, 5) is 0. The number of alkyl halides is 1. The van der Waals surface area contributed by atoms with Gasteiger partial charge in [-0.25, -0.2) is 4.39 Å². The fourth-order valence-corrected chi connectivity index (χ4v) is 7.18. The van der Waals surface area contributed by atoms with Crippen molar-refractivity contribution >= 4 is 0 Å². The molecule has 0 unspecified atom stereocenters. The van der Waals surface area contributed by atoms with Gasteiger partial charge in [-0.05, 0) is 103 Å². The van der Waals surface area contributed by atoms with E-state index in [9.17, 15) is 8.78 Å². The minimum Gasteiger partial charge on any atom is -0.251 e. The van der Waals surface area contributed by atoms with E-state index in [1.165, 1.54) is 82.6 Å². The SMILES string of the molecule is CCc1ccc(-c2ccc(CC[C@H]3CC[C@H]([C@H]4CC[C@H](CCCCCCCF)CC4)CC3)c(F)c2)cc1. The number of hydrogen-bond acceptors (Lipinski definition) is 0. The van der Waals surface area contributed by atoms with Crippen molar-refractivity contribution in [1.82, 2.24) is 0 Å². The lowest BCUT2D eigenvalue weighted by molar-refractivity contribution is 0.140. The summed E-state index contributed by atoms with van der Waals surface area (Å²) in [6.07, 6.45) is 21.4. The smallest absolute Gasteiger partial charge is 0.127 e. The second kappa shape index (κ2) is 15.0. The van der Waals surface area contributed by atoms with E-state index >= 15 is 0 Å². The standard InChI is InChI=1S/C35H50F2/c1-2-27-9-16-32(17-10-27)34-24-23-33(35(37)26-34)22-15-29-13-20-31(21-14-29)30-18-11-28(12-19-30)8-6-4-3-5-7-25-36/h9-10,16-17,23-24,26,28-31H,2-8,11-15,18-22,25H2,1H3/t28-,29-,30-,31-. The fraction of sp³-hybridized carbons (Fsp3) is 0.657. The molecule has 0 saturated heterocycles. The monoisotopic (exact) mass is 508 g/mol. The predicted molar refractivity (Wildman–Crippen MR) is 154 cm³/mol. The lowest BCUT2D eigenvalue weighted by Crippen LogP contribution is -2.26. The van der Waals surface area contributed by atoms with Crippen LogP contribution in [0.3, 0.4) is 0 Å². The number of rotatable bonds is 13. The third-order valence-electron chi connectivity index (χ3n) is 9.77. The Balaban J connectivity index is 1.13. The van der Waals surface area contributed by atoms with E-state index in [-0.39, 0.29) is 12.5 Å². The molecular formula is C35H50F2. The minimum absolute atomic E-state index is 0.0396. The summed E-state index contributed by atoms with van der Waals surface area (Å²) in [5.74, 6) is 3.57. The molecule has 2 aliphatic rings. The molecule has 0 aliphatic heterocycles. The van der Waals surface area contributed by atoms with Crippen molar-refractivity contribution in [3.8, 4) is 11.1 Å². The lowest BCUT2D eigenvalue weighted by Gasteiger charge is -2.38. The van der Waals surface area contributed by atoms with Crippen LogP contribution < -0.4 is 0 Å². The average Bonchev–Trinajstić information content (AvgIpc) is 2.95. The molecule has 2 saturated carbocycles. The average molecular weight is 509 g/mol. The Hall–Kier alpha value is -1.70. The summed E-state index contributed by atoms with van der Waals surface area (Å²) >= 11 is 0. The van der Waals surface area contributed by atoms with Crippen LogP contribution in [0.15, 0.2) is 42.5 Å². The van der Waals surface area contributed by atoms with Crippen LogP contribution in [0.4, 0.5) is 8.78 Å². The van der Waals surface area contributed by atoms with Crippen molar-refractivity contribution in [3.63, 3.8) is 0 Å². The Bertz CT molecular complexity index is 901. The highest BCUT2D eigenvalue weighted by Gasteiger charge is 2.30. The van der Waals surface area contributed by atoms with Crippen LogP contribution in [0, 0.1) is 29.5 Å². The molecule has 2 heteroatoms. The van der Waals surface area contributed by atoms with Gasteiger partial charge in [0.25, 0.3) is 0 Å². The van der Waals surface area contributed by atoms with Crippen LogP contribution in [-0.4, -0.2) is 6.67 Å². The topological polar surface area (TPSA) is 0 Å². The van der Waals surface area contributed by atoms with Gasteiger partial charge >= 0.3 is 0 Å². The van der Waals surface area contributed by atoms with Gasteiger partial charge in [-0.3, -0.25) is 4.39 Å². The first-order chi connectivity index (χ1) is 18.2. The van der Waals surface area contributed by atoms with Gasteiger partial charge in [0.1, 0.15) is 5.82 Å². The minimum atomic E-state index is -0.146. The summed E-state index contributed by atoms with van der Waals surface area (Å²) in [5.41, 5.74) is 4.28. The molecule has 0 aromatic heterocycles. The maximum absolute atomic E-state index is 14.9. The Morgan fingerprint density at radius 3 is 1.81 bits per heavy atom. The zero-order chi connectivity index (χ0) is 25.9. The van der Waals surface area contributed by atoms with E-state index < -0.39 is 0 Å². The van der Waals surface area contributed by atoms with Crippen LogP contribution in [0.25, 0.3) is 11.1 Å². The molecule has 204 valence electrons.